The van der Waals surface area contributed by atoms with Gasteiger partial charge in [0.2, 0.25) is 11.8 Å². The van der Waals surface area contributed by atoms with Crippen LogP contribution in [0.2, 0.25) is 0 Å². The van der Waals surface area contributed by atoms with Crippen LogP contribution in [0.3, 0.4) is 0 Å². The van der Waals surface area contributed by atoms with Crippen molar-refractivity contribution < 1.29 is 23.5 Å². The van der Waals surface area contributed by atoms with Crippen LogP contribution in [0.15, 0.2) is 60.7 Å². The molecular formula is C24H24FN3O4. The van der Waals surface area contributed by atoms with Crippen LogP contribution >= 0.6 is 0 Å². The van der Waals surface area contributed by atoms with Crippen LogP contribution in [0, 0.1) is 5.82 Å². The van der Waals surface area contributed by atoms with Crippen molar-refractivity contribution in [3.05, 3.63) is 77.7 Å². The number of nitrogens with zero attached hydrogens (tertiary/aromatic N) is 1. The number of methoxy groups -OCH3 is 1. The van der Waals surface area contributed by atoms with Gasteiger partial charge in [-0.3, -0.25) is 14.6 Å². The highest BCUT2D eigenvalue weighted by Crippen LogP contribution is 2.14. The number of rotatable bonds is 8. The summed E-state index contributed by atoms with van der Waals surface area (Å²) in [7, 11) is 1.22. The number of ether oxygens (including phenoxy) is 1. The molecule has 32 heavy (non-hydrogen) atoms. The van der Waals surface area contributed by atoms with Gasteiger partial charge in [-0.2, -0.15) is 0 Å². The molecule has 2 N–H and O–H groups in total. The van der Waals surface area contributed by atoms with Crippen molar-refractivity contribution in [1.82, 2.24) is 15.6 Å². The van der Waals surface area contributed by atoms with Gasteiger partial charge in [-0.15, -0.1) is 0 Å². The normalized spacial score (nSPS) is 12.6. The topological polar surface area (TPSA) is 97.4 Å². The first-order valence-corrected chi connectivity index (χ1v) is 10.1. The Morgan fingerprint density at radius 1 is 0.938 bits per heavy atom. The Labute approximate surface area is 185 Å². The fourth-order valence-electron chi connectivity index (χ4n) is 3.38. The summed E-state index contributed by atoms with van der Waals surface area (Å²) in [5, 5.41) is 6.09. The monoisotopic (exact) mass is 437 g/mol. The minimum atomic E-state index is -1.07. The molecule has 7 nitrogen and oxygen atoms in total. The third-order valence-electron chi connectivity index (χ3n) is 4.95. The van der Waals surface area contributed by atoms with Gasteiger partial charge in [0.25, 0.3) is 0 Å². The molecule has 2 aromatic carbocycles. The molecule has 1 heterocycles. The quantitative estimate of drug-likeness (QED) is 0.527. The zero-order valence-corrected chi connectivity index (χ0v) is 17.8. The van der Waals surface area contributed by atoms with Gasteiger partial charge < -0.3 is 15.4 Å². The maximum atomic E-state index is 14.1. The lowest BCUT2D eigenvalue weighted by Gasteiger charge is -2.22. The molecule has 0 fully saturated rings. The standard InChI is InChI=1S/C24H24FN3O4/c1-15(29)26-21(13-17-8-3-5-9-19(17)25)23(30)28-22(24(31)32-2)14-18-12-11-16-7-4-6-10-20(16)27-18/h3-12,21-22H,13-14H2,1-2H3,(H,26,29)(H,28,30)/t21-,22-/m1/s1. The average molecular weight is 437 g/mol. The highest BCUT2D eigenvalue weighted by atomic mass is 19.1. The fraction of sp³-hybridized carbons (Fsp3) is 0.250. The largest absolute Gasteiger partial charge is 0.467 e. The van der Waals surface area contributed by atoms with Crippen LogP contribution in [0.1, 0.15) is 18.2 Å². The molecule has 0 spiro atoms. The van der Waals surface area contributed by atoms with Crippen LogP contribution in [0.5, 0.6) is 0 Å². The first kappa shape index (κ1) is 22.9. The molecule has 0 unspecified atom stereocenters. The van der Waals surface area contributed by atoms with Gasteiger partial charge in [0, 0.05) is 30.8 Å². The van der Waals surface area contributed by atoms with Gasteiger partial charge in [-0.05, 0) is 23.8 Å². The van der Waals surface area contributed by atoms with Crippen molar-refractivity contribution >= 4 is 28.7 Å². The van der Waals surface area contributed by atoms with Crippen LogP contribution in [0.4, 0.5) is 4.39 Å². The summed E-state index contributed by atoms with van der Waals surface area (Å²) in [6.07, 6.45) is 0.0238. The second-order valence-electron chi connectivity index (χ2n) is 7.33. The second-order valence-corrected chi connectivity index (χ2v) is 7.33. The van der Waals surface area contributed by atoms with E-state index in [9.17, 15) is 18.8 Å². The third kappa shape index (κ3) is 5.87. The highest BCUT2D eigenvalue weighted by Gasteiger charge is 2.28. The lowest BCUT2D eigenvalue weighted by Crippen LogP contribution is -2.53. The molecule has 0 saturated carbocycles. The van der Waals surface area contributed by atoms with Crippen molar-refractivity contribution in [2.45, 2.75) is 31.8 Å². The number of hydrogen-bond acceptors (Lipinski definition) is 5. The number of nitrogens with one attached hydrogen (secondary N) is 2. The van der Waals surface area contributed by atoms with Crippen LogP contribution in [-0.4, -0.2) is 42.0 Å². The molecule has 3 rings (SSSR count). The number of aromatic nitrogens is 1. The maximum absolute atomic E-state index is 14.1. The molecule has 1 aromatic heterocycles. The molecule has 0 aliphatic rings. The molecule has 3 aromatic rings. The molecule has 8 heteroatoms. The average Bonchev–Trinajstić information content (AvgIpc) is 2.78. The van der Waals surface area contributed by atoms with Gasteiger partial charge in [-0.1, -0.05) is 42.5 Å². The van der Waals surface area contributed by atoms with Crippen molar-refractivity contribution in [3.63, 3.8) is 0 Å². The SMILES string of the molecule is COC(=O)[C@@H](Cc1ccc2ccccc2n1)NC(=O)[C@@H](Cc1ccccc1F)NC(C)=O. The third-order valence-corrected chi connectivity index (χ3v) is 4.95. The molecule has 0 aliphatic carbocycles. The van der Waals surface area contributed by atoms with E-state index in [1.807, 2.05) is 30.3 Å². The summed E-state index contributed by atoms with van der Waals surface area (Å²) >= 11 is 0. The van der Waals surface area contributed by atoms with E-state index < -0.39 is 35.7 Å². The zero-order chi connectivity index (χ0) is 23.1. The summed E-state index contributed by atoms with van der Waals surface area (Å²) in [4.78, 5) is 41.5. The zero-order valence-electron chi connectivity index (χ0n) is 17.8. The second kappa shape index (κ2) is 10.5. The predicted molar refractivity (Wildman–Crippen MR) is 117 cm³/mol. The minimum absolute atomic E-state index is 0.0692. The van der Waals surface area contributed by atoms with E-state index in [0.29, 0.717) is 5.69 Å². The fourth-order valence-corrected chi connectivity index (χ4v) is 3.38. The van der Waals surface area contributed by atoms with E-state index in [2.05, 4.69) is 15.6 Å². The van der Waals surface area contributed by atoms with Crippen LogP contribution < -0.4 is 10.6 Å². The van der Waals surface area contributed by atoms with Gasteiger partial charge in [-0.25, -0.2) is 9.18 Å². The van der Waals surface area contributed by atoms with E-state index in [0.717, 1.165) is 10.9 Å². The first-order chi connectivity index (χ1) is 15.4. The summed E-state index contributed by atoms with van der Waals surface area (Å²) in [6.45, 7) is 1.26. The van der Waals surface area contributed by atoms with Crippen molar-refractivity contribution in [2.75, 3.05) is 7.11 Å². The number of hydrogen-bond donors (Lipinski definition) is 2. The molecule has 2 atom stereocenters. The molecule has 0 bridgehead atoms. The van der Waals surface area contributed by atoms with Crippen LogP contribution in [0.25, 0.3) is 10.9 Å². The van der Waals surface area contributed by atoms with E-state index in [1.165, 1.54) is 32.2 Å². The number of halogens is 1. The summed E-state index contributed by atoms with van der Waals surface area (Å²) in [5.74, 6) is -2.21. The molecule has 2 amide bonds. The Hall–Kier alpha value is -3.81. The molecule has 166 valence electrons. The summed E-state index contributed by atoms with van der Waals surface area (Å²) in [6, 6.07) is 15.1. The number of fused-ring (bicyclic) bond motifs is 1. The number of amides is 2. The number of esters is 1. The lowest BCUT2D eigenvalue weighted by atomic mass is 10.0. The van der Waals surface area contributed by atoms with E-state index in [4.69, 9.17) is 4.74 Å². The number of pyridine rings is 1. The van der Waals surface area contributed by atoms with E-state index >= 15 is 0 Å². The van der Waals surface area contributed by atoms with Gasteiger partial charge in [0.1, 0.15) is 17.9 Å². The number of benzene rings is 2. The van der Waals surface area contributed by atoms with Gasteiger partial charge in [0.15, 0.2) is 0 Å². The van der Waals surface area contributed by atoms with E-state index in [1.54, 1.807) is 12.1 Å². The van der Waals surface area contributed by atoms with Gasteiger partial charge >= 0.3 is 5.97 Å². The molecule has 0 aliphatic heterocycles. The van der Waals surface area contributed by atoms with Gasteiger partial charge in [0.05, 0.1) is 12.6 Å². The maximum Gasteiger partial charge on any atom is 0.328 e. The number of carbonyl (C=O) groups is 3. The molecule has 0 radical (unpaired) electrons. The Morgan fingerprint density at radius 2 is 1.66 bits per heavy atom. The first-order valence-electron chi connectivity index (χ1n) is 10.1. The Kier molecular flexibility index (Phi) is 7.49. The Bertz CT molecular complexity index is 1130. The minimum Gasteiger partial charge on any atom is -0.467 e. The summed E-state index contributed by atoms with van der Waals surface area (Å²) < 4.78 is 18.9. The van der Waals surface area contributed by atoms with Crippen molar-refractivity contribution in [3.8, 4) is 0 Å². The van der Waals surface area contributed by atoms with Crippen LogP contribution in [-0.2, 0) is 32.0 Å². The van der Waals surface area contributed by atoms with Crippen molar-refractivity contribution in [1.29, 1.82) is 0 Å². The Morgan fingerprint density at radius 3 is 2.38 bits per heavy atom. The van der Waals surface area contributed by atoms with E-state index in [-0.39, 0.29) is 18.4 Å². The molecular weight excluding hydrogens is 413 g/mol. The lowest BCUT2D eigenvalue weighted by molar-refractivity contribution is -0.145. The Balaban J connectivity index is 1.79. The number of para-hydroxylation sites is 1. The number of carbonyl (C=O) groups excluding carboxylic acids is 3. The molecule has 0 saturated heterocycles. The highest BCUT2D eigenvalue weighted by molar-refractivity contribution is 5.90. The smallest absolute Gasteiger partial charge is 0.328 e. The van der Waals surface area contributed by atoms with Crippen molar-refractivity contribution in [2.24, 2.45) is 0 Å². The predicted octanol–water partition coefficient (Wildman–Crippen LogP) is 2.32. The summed E-state index contributed by atoms with van der Waals surface area (Å²) in [5.41, 5.74) is 1.62.